The van der Waals surface area contributed by atoms with E-state index in [2.05, 4.69) is 4.99 Å². The van der Waals surface area contributed by atoms with E-state index < -0.39 is 0 Å². The van der Waals surface area contributed by atoms with Crippen LogP contribution in [0.1, 0.15) is 11.3 Å². The van der Waals surface area contributed by atoms with Crippen LogP contribution >= 0.6 is 11.3 Å². The van der Waals surface area contributed by atoms with Crippen LogP contribution in [-0.4, -0.2) is 15.8 Å². The molecule has 1 N–H and O–H groups in total. The molecule has 1 aromatic heterocycles. The van der Waals surface area contributed by atoms with Crippen LogP contribution in [0.25, 0.3) is 0 Å². The lowest BCUT2D eigenvalue weighted by atomic mass is 10.1. The lowest BCUT2D eigenvalue weighted by Gasteiger charge is -1.96. The van der Waals surface area contributed by atoms with Gasteiger partial charge >= 0.3 is 0 Å². The molecule has 2 aromatic rings. The number of hydrogen-bond acceptors (Lipinski definition) is 3. The molecule has 17 heavy (non-hydrogen) atoms. The highest BCUT2D eigenvalue weighted by atomic mass is 32.1. The Bertz CT molecular complexity index is 584. The van der Waals surface area contributed by atoms with Gasteiger partial charge in [0.1, 0.15) is 0 Å². The largest absolute Gasteiger partial charge is 0.426 e. The first-order chi connectivity index (χ1) is 8.16. The zero-order valence-corrected chi connectivity index (χ0v) is 10.1. The molecule has 0 bridgehead atoms. The maximum Gasteiger partial charge on any atom is 0.252 e. The van der Waals surface area contributed by atoms with Crippen LogP contribution in [0.15, 0.2) is 40.7 Å². The minimum atomic E-state index is -0.263. The van der Waals surface area contributed by atoms with Crippen molar-refractivity contribution in [2.24, 2.45) is 4.99 Å². The summed E-state index contributed by atoms with van der Waals surface area (Å²) in [5.74, 6) is -0.263. The fourth-order valence-electron chi connectivity index (χ4n) is 1.38. The number of carbonyl (C=O) groups excluding carboxylic acids is 1. The van der Waals surface area contributed by atoms with Gasteiger partial charge in [-0.1, -0.05) is 30.3 Å². The Labute approximate surface area is 102 Å². The van der Waals surface area contributed by atoms with Crippen LogP contribution in [0.2, 0.25) is 0 Å². The third kappa shape index (κ3) is 2.82. The predicted molar refractivity (Wildman–Crippen MR) is 64.9 cm³/mol. The molecule has 0 saturated carbocycles. The third-order valence-corrected chi connectivity index (χ3v) is 3.20. The second-order valence-corrected chi connectivity index (χ2v) is 4.48. The molecule has 1 heterocycles. The van der Waals surface area contributed by atoms with E-state index in [1.54, 1.807) is 12.3 Å². The lowest BCUT2D eigenvalue weighted by molar-refractivity contribution is -0.117. The molecule has 1 amide bonds. The number of rotatable bonds is 2. The minimum absolute atomic E-state index is 0.248. The molecule has 2 rings (SSSR count). The second kappa shape index (κ2) is 4.97. The number of aromatic nitrogens is 1. The maximum absolute atomic E-state index is 11.7. The minimum Gasteiger partial charge on any atom is -0.426 e. The topological polar surface area (TPSA) is 54.6 Å². The molecule has 0 aliphatic rings. The van der Waals surface area contributed by atoms with Crippen LogP contribution < -0.4 is 4.80 Å². The summed E-state index contributed by atoms with van der Waals surface area (Å²) in [5.41, 5.74) is 1.58. The summed E-state index contributed by atoms with van der Waals surface area (Å²) in [6.07, 6.45) is 0.248. The molecule has 0 radical (unpaired) electrons. The van der Waals surface area contributed by atoms with Gasteiger partial charge in [-0.15, -0.1) is 11.3 Å². The number of amides is 1. The van der Waals surface area contributed by atoms with Crippen molar-refractivity contribution in [2.45, 2.75) is 13.3 Å². The molecule has 88 valence electrons. The third-order valence-electron chi connectivity index (χ3n) is 2.27. The van der Waals surface area contributed by atoms with Gasteiger partial charge < -0.3 is 5.21 Å². The first-order valence-electron chi connectivity index (χ1n) is 5.14. The summed E-state index contributed by atoms with van der Waals surface area (Å²) in [5, 5.41) is 11.3. The van der Waals surface area contributed by atoms with E-state index in [0.717, 1.165) is 10.3 Å². The summed E-state index contributed by atoms with van der Waals surface area (Å²) in [6, 6.07) is 9.41. The van der Waals surface area contributed by atoms with Crippen LogP contribution in [0.3, 0.4) is 0 Å². The van der Waals surface area contributed by atoms with E-state index >= 15 is 0 Å². The van der Waals surface area contributed by atoms with E-state index in [9.17, 15) is 10.0 Å². The van der Waals surface area contributed by atoms with Crippen LogP contribution in [0.4, 0.5) is 0 Å². The van der Waals surface area contributed by atoms with E-state index in [1.165, 1.54) is 11.3 Å². The smallest absolute Gasteiger partial charge is 0.252 e. The van der Waals surface area contributed by atoms with E-state index in [4.69, 9.17) is 0 Å². The van der Waals surface area contributed by atoms with Crippen molar-refractivity contribution >= 4 is 17.2 Å². The Hall–Kier alpha value is -1.88. The van der Waals surface area contributed by atoms with Crippen molar-refractivity contribution in [3.63, 3.8) is 0 Å². The van der Waals surface area contributed by atoms with Gasteiger partial charge in [-0.2, -0.15) is 9.72 Å². The molecule has 0 aliphatic carbocycles. The quantitative estimate of drug-likeness (QED) is 0.823. The fourth-order valence-corrected chi connectivity index (χ4v) is 2.15. The molecular formula is C12H12N2O2S. The summed E-state index contributed by atoms with van der Waals surface area (Å²) >= 11 is 1.24. The van der Waals surface area contributed by atoms with Gasteiger partial charge in [0.15, 0.2) is 0 Å². The maximum atomic E-state index is 11.7. The van der Waals surface area contributed by atoms with Crippen LogP contribution in [0, 0.1) is 6.92 Å². The van der Waals surface area contributed by atoms with Crippen molar-refractivity contribution < 1.29 is 10.0 Å². The average Bonchev–Trinajstić information content (AvgIpc) is 2.62. The van der Waals surface area contributed by atoms with E-state index in [-0.39, 0.29) is 12.3 Å². The summed E-state index contributed by atoms with van der Waals surface area (Å²) < 4.78 is 0.924. The highest BCUT2D eigenvalue weighted by molar-refractivity contribution is 7.07. The van der Waals surface area contributed by atoms with Crippen LogP contribution in [0.5, 0.6) is 0 Å². The van der Waals surface area contributed by atoms with Gasteiger partial charge in [-0.05, 0) is 12.5 Å². The lowest BCUT2D eigenvalue weighted by Crippen LogP contribution is -2.16. The Morgan fingerprint density at radius 1 is 1.41 bits per heavy atom. The van der Waals surface area contributed by atoms with Gasteiger partial charge in [-0.25, -0.2) is 0 Å². The number of benzene rings is 1. The standard InChI is InChI=1S/C12H12N2O2S/c1-9-8-17-12(14(9)16)13-11(15)7-10-5-3-2-4-6-10/h2-6,8,16H,7H2,1H3. The zero-order valence-electron chi connectivity index (χ0n) is 9.33. The highest BCUT2D eigenvalue weighted by Gasteiger charge is 2.03. The van der Waals surface area contributed by atoms with E-state index in [0.29, 0.717) is 10.5 Å². The molecule has 0 saturated heterocycles. The Kier molecular flexibility index (Phi) is 3.39. The summed E-state index contributed by atoms with van der Waals surface area (Å²) in [6.45, 7) is 1.75. The molecule has 0 atom stereocenters. The van der Waals surface area contributed by atoms with Crippen LogP contribution in [-0.2, 0) is 11.2 Å². The number of aryl methyl sites for hydroxylation is 1. The van der Waals surface area contributed by atoms with Gasteiger partial charge in [-0.3, -0.25) is 4.79 Å². The zero-order chi connectivity index (χ0) is 12.3. The highest BCUT2D eigenvalue weighted by Crippen LogP contribution is 2.01. The molecule has 0 spiro atoms. The first-order valence-corrected chi connectivity index (χ1v) is 6.02. The monoisotopic (exact) mass is 248 g/mol. The molecule has 5 heteroatoms. The normalized spacial score (nSPS) is 11.7. The molecular weight excluding hydrogens is 236 g/mol. The fraction of sp³-hybridized carbons (Fsp3) is 0.167. The number of nitrogens with zero attached hydrogens (tertiary/aromatic N) is 2. The van der Waals surface area contributed by atoms with Crippen molar-refractivity contribution in [1.29, 1.82) is 0 Å². The molecule has 0 aliphatic heterocycles. The molecule has 0 fully saturated rings. The summed E-state index contributed by atoms with van der Waals surface area (Å²) in [4.78, 5) is 15.8. The first kappa shape index (κ1) is 11.6. The molecule has 1 aromatic carbocycles. The van der Waals surface area contributed by atoms with Gasteiger partial charge in [0.2, 0.25) is 4.80 Å². The van der Waals surface area contributed by atoms with Gasteiger partial charge in [0.05, 0.1) is 12.1 Å². The number of carbonyl (C=O) groups is 1. The summed E-state index contributed by atoms with van der Waals surface area (Å²) in [7, 11) is 0. The number of thiazole rings is 1. The van der Waals surface area contributed by atoms with Crippen molar-refractivity contribution in [2.75, 3.05) is 0 Å². The van der Waals surface area contributed by atoms with Gasteiger partial charge in [0.25, 0.3) is 5.91 Å². The van der Waals surface area contributed by atoms with Crippen molar-refractivity contribution in [3.05, 3.63) is 51.8 Å². The average molecular weight is 248 g/mol. The molecule has 0 unspecified atom stereocenters. The molecule has 4 nitrogen and oxygen atoms in total. The van der Waals surface area contributed by atoms with Gasteiger partial charge in [0, 0.05) is 5.38 Å². The van der Waals surface area contributed by atoms with Crippen molar-refractivity contribution in [3.8, 4) is 0 Å². The predicted octanol–water partition coefficient (Wildman–Crippen LogP) is 1.77. The SMILES string of the molecule is Cc1csc(=NC(=O)Cc2ccccc2)n1O. The van der Waals surface area contributed by atoms with E-state index in [1.807, 2.05) is 30.3 Å². The Morgan fingerprint density at radius 3 is 2.71 bits per heavy atom. The van der Waals surface area contributed by atoms with Crippen molar-refractivity contribution in [1.82, 2.24) is 4.73 Å². The Morgan fingerprint density at radius 2 is 2.12 bits per heavy atom. The second-order valence-electron chi connectivity index (χ2n) is 3.64. The Balaban J connectivity index is 2.18. The number of hydrogen-bond donors (Lipinski definition) is 1.